The van der Waals surface area contributed by atoms with Crippen molar-refractivity contribution in [3.63, 3.8) is 0 Å². The van der Waals surface area contributed by atoms with Gasteiger partial charge in [-0.2, -0.15) is 9.97 Å². The molecule has 0 amide bonds. The quantitative estimate of drug-likeness (QED) is 0.774. The summed E-state index contributed by atoms with van der Waals surface area (Å²) in [6.07, 6.45) is 0. The van der Waals surface area contributed by atoms with Crippen LogP contribution in [-0.4, -0.2) is 50.4 Å². The molecule has 1 fully saturated rings. The van der Waals surface area contributed by atoms with Gasteiger partial charge in [0, 0.05) is 32.2 Å². The first kappa shape index (κ1) is 10.9. The molecule has 88 valence electrons. The first-order valence-corrected chi connectivity index (χ1v) is 5.26. The molecule has 0 unspecified atom stereocenters. The molecular weight excluding hydrogens is 208 g/mol. The molecule has 0 bridgehead atoms. The number of ether oxygens (including phenoxy) is 2. The Morgan fingerprint density at radius 2 is 1.94 bits per heavy atom. The number of anilines is 1. The predicted octanol–water partition coefficient (Wildman–Crippen LogP) is -0.0966. The molecule has 0 aromatic carbocycles. The first-order valence-electron chi connectivity index (χ1n) is 5.26. The van der Waals surface area contributed by atoms with E-state index in [9.17, 15) is 0 Å². The Morgan fingerprint density at radius 3 is 2.56 bits per heavy atom. The average Bonchev–Trinajstić information content (AvgIpc) is 2.39. The maximum atomic E-state index is 5.11. The van der Waals surface area contributed by atoms with E-state index < -0.39 is 0 Å². The van der Waals surface area contributed by atoms with Crippen LogP contribution in [0.25, 0.3) is 0 Å². The Kier molecular flexibility index (Phi) is 3.40. The summed E-state index contributed by atoms with van der Waals surface area (Å²) in [6, 6.07) is 2.17. The highest BCUT2D eigenvalue weighted by Gasteiger charge is 2.14. The number of rotatable bonds is 3. The lowest BCUT2D eigenvalue weighted by molar-refractivity contribution is 0.351. The topological polar surface area (TPSA) is 59.5 Å². The van der Waals surface area contributed by atoms with E-state index in [0.29, 0.717) is 11.9 Å². The number of nitrogens with one attached hydrogen (secondary N) is 1. The Bertz CT molecular complexity index is 330. The van der Waals surface area contributed by atoms with Crippen LogP contribution in [0.2, 0.25) is 0 Å². The molecule has 2 heterocycles. The van der Waals surface area contributed by atoms with Gasteiger partial charge >= 0.3 is 6.01 Å². The van der Waals surface area contributed by atoms with Gasteiger partial charge in [-0.25, -0.2) is 0 Å². The monoisotopic (exact) mass is 224 g/mol. The predicted molar refractivity (Wildman–Crippen MR) is 60.2 cm³/mol. The number of hydrogen-bond acceptors (Lipinski definition) is 6. The van der Waals surface area contributed by atoms with E-state index in [2.05, 4.69) is 20.2 Å². The van der Waals surface area contributed by atoms with E-state index in [1.807, 2.05) is 6.07 Å². The van der Waals surface area contributed by atoms with Crippen LogP contribution in [0.15, 0.2) is 6.07 Å². The molecule has 1 aliphatic rings. The summed E-state index contributed by atoms with van der Waals surface area (Å²) in [5.74, 6) is 1.38. The summed E-state index contributed by atoms with van der Waals surface area (Å²) in [5.41, 5.74) is 0. The fourth-order valence-electron chi connectivity index (χ4n) is 1.64. The van der Waals surface area contributed by atoms with Gasteiger partial charge in [0.05, 0.1) is 14.2 Å². The molecule has 1 N–H and O–H groups in total. The molecule has 1 aromatic heterocycles. The van der Waals surface area contributed by atoms with E-state index in [0.717, 1.165) is 32.0 Å². The Balaban J connectivity index is 2.24. The van der Waals surface area contributed by atoms with Crippen LogP contribution in [0.1, 0.15) is 0 Å². The number of hydrogen-bond donors (Lipinski definition) is 1. The molecule has 6 nitrogen and oxygen atoms in total. The fourth-order valence-corrected chi connectivity index (χ4v) is 1.64. The summed E-state index contributed by atoms with van der Waals surface area (Å²) in [7, 11) is 3.14. The van der Waals surface area contributed by atoms with Gasteiger partial charge in [0.15, 0.2) is 0 Å². The van der Waals surface area contributed by atoms with Crippen LogP contribution < -0.4 is 19.7 Å². The van der Waals surface area contributed by atoms with Crippen LogP contribution in [0, 0.1) is 0 Å². The standard InChI is InChI=1S/C10H16N4O2/c1-15-9-7-8(12-10(13-9)16-2)14-5-3-11-4-6-14/h7,11H,3-6H2,1-2H3. The Hall–Kier alpha value is -1.56. The van der Waals surface area contributed by atoms with Crippen LogP contribution in [-0.2, 0) is 0 Å². The molecule has 2 rings (SSSR count). The molecule has 6 heteroatoms. The molecule has 0 radical (unpaired) electrons. The third kappa shape index (κ3) is 2.33. The molecule has 1 aliphatic heterocycles. The summed E-state index contributed by atoms with van der Waals surface area (Å²) in [4.78, 5) is 10.6. The van der Waals surface area contributed by atoms with Crippen molar-refractivity contribution in [3.05, 3.63) is 6.07 Å². The van der Waals surface area contributed by atoms with E-state index in [1.54, 1.807) is 14.2 Å². The second-order valence-corrected chi connectivity index (χ2v) is 3.49. The zero-order valence-corrected chi connectivity index (χ0v) is 9.56. The van der Waals surface area contributed by atoms with Crippen molar-refractivity contribution < 1.29 is 9.47 Å². The van der Waals surface area contributed by atoms with E-state index in [4.69, 9.17) is 9.47 Å². The van der Waals surface area contributed by atoms with Crippen LogP contribution in [0.5, 0.6) is 11.9 Å². The van der Waals surface area contributed by atoms with Crippen molar-refractivity contribution in [1.29, 1.82) is 0 Å². The van der Waals surface area contributed by atoms with E-state index in [1.165, 1.54) is 0 Å². The number of piperazine rings is 1. The normalized spacial score (nSPS) is 16.0. The average molecular weight is 224 g/mol. The van der Waals surface area contributed by atoms with Gasteiger partial charge in [-0.1, -0.05) is 0 Å². The fraction of sp³-hybridized carbons (Fsp3) is 0.600. The van der Waals surface area contributed by atoms with E-state index in [-0.39, 0.29) is 0 Å². The maximum Gasteiger partial charge on any atom is 0.321 e. The lowest BCUT2D eigenvalue weighted by atomic mass is 10.3. The van der Waals surface area contributed by atoms with Crippen molar-refractivity contribution in [2.45, 2.75) is 0 Å². The van der Waals surface area contributed by atoms with Crippen LogP contribution in [0.3, 0.4) is 0 Å². The van der Waals surface area contributed by atoms with E-state index >= 15 is 0 Å². The van der Waals surface area contributed by atoms with Gasteiger partial charge in [-0.05, 0) is 0 Å². The first-order chi connectivity index (χ1) is 7.83. The summed E-state index contributed by atoms with van der Waals surface area (Å²) < 4.78 is 10.2. The van der Waals surface area contributed by atoms with Crippen molar-refractivity contribution in [2.75, 3.05) is 45.3 Å². The number of methoxy groups -OCH3 is 2. The highest BCUT2D eigenvalue weighted by molar-refractivity contribution is 5.43. The smallest absolute Gasteiger partial charge is 0.321 e. The third-order valence-electron chi connectivity index (χ3n) is 2.50. The van der Waals surface area contributed by atoms with Crippen LogP contribution in [0.4, 0.5) is 5.82 Å². The second-order valence-electron chi connectivity index (χ2n) is 3.49. The minimum absolute atomic E-state index is 0.341. The third-order valence-corrected chi connectivity index (χ3v) is 2.50. The van der Waals surface area contributed by atoms with Gasteiger partial charge in [0.1, 0.15) is 5.82 Å². The molecule has 0 saturated carbocycles. The zero-order chi connectivity index (χ0) is 11.4. The highest BCUT2D eigenvalue weighted by atomic mass is 16.5. The molecular formula is C10H16N4O2. The Labute approximate surface area is 94.6 Å². The summed E-state index contributed by atoms with van der Waals surface area (Å²) in [5, 5.41) is 3.29. The molecule has 0 spiro atoms. The molecule has 1 aromatic rings. The number of aromatic nitrogens is 2. The number of nitrogens with zero attached hydrogens (tertiary/aromatic N) is 3. The van der Waals surface area contributed by atoms with Gasteiger partial charge in [-0.15, -0.1) is 0 Å². The van der Waals surface area contributed by atoms with Gasteiger partial charge in [0.2, 0.25) is 5.88 Å². The summed E-state index contributed by atoms with van der Waals surface area (Å²) >= 11 is 0. The SMILES string of the molecule is COc1cc(N2CCNCC2)nc(OC)n1. The maximum absolute atomic E-state index is 5.11. The lowest BCUT2D eigenvalue weighted by Crippen LogP contribution is -2.43. The molecule has 0 aliphatic carbocycles. The highest BCUT2D eigenvalue weighted by Crippen LogP contribution is 2.20. The van der Waals surface area contributed by atoms with Crippen LogP contribution >= 0.6 is 0 Å². The summed E-state index contributed by atoms with van der Waals surface area (Å²) in [6.45, 7) is 3.80. The second kappa shape index (κ2) is 4.98. The zero-order valence-electron chi connectivity index (χ0n) is 9.56. The minimum atomic E-state index is 0.341. The largest absolute Gasteiger partial charge is 0.481 e. The van der Waals surface area contributed by atoms with Crippen molar-refractivity contribution in [2.24, 2.45) is 0 Å². The van der Waals surface area contributed by atoms with Crippen molar-refractivity contribution in [1.82, 2.24) is 15.3 Å². The van der Waals surface area contributed by atoms with Gasteiger partial charge in [0.25, 0.3) is 0 Å². The minimum Gasteiger partial charge on any atom is -0.481 e. The van der Waals surface area contributed by atoms with Crippen molar-refractivity contribution >= 4 is 5.82 Å². The Morgan fingerprint density at radius 1 is 1.19 bits per heavy atom. The lowest BCUT2D eigenvalue weighted by Gasteiger charge is -2.28. The molecule has 1 saturated heterocycles. The molecule has 16 heavy (non-hydrogen) atoms. The van der Waals surface area contributed by atoms with Crippen molar-refractivity contribution in [3.8, 4) is 11.9 Å². The van der Waals surface area contributed by atoms with Gasteiger partial charge < -0.3 is 19.7 Å². The van der Waals surface area contributed by atoms with Gasteiger partial charge in [-0.3, -0.25) is 0 Å². The molecule has 0 atom stereocenters.